The number of thiophene rings is 1. The van der Waals surface area contributed by atoms with E-state index in [-0.39, 0.29) is 18.5 Å². The van der Waals surface area contributed by atoms with Gasteiger partial charge >= 0.3 is 0 Å². The number of carbonyl (C=O) groups is 1. The number of nitrogens with zero attached hydrogens (tertiary/aromatic N) is 3. The van der Waals surface area contributed by atoms with Crippen molar-refractivity contribution in [1.29, 1.82) is 0 Å². The van der Waals surface area contributed by atoms with E-state index in [9.17, 15) is 4.79 Å². The van der Waals surface area contributed by atoms with Crippen LogP contribution in [0.2, 0.25) is 0 Å². The van der Waals surface area contributed by atoms with E-state index in [0.29, 0.717) is 17.1 Å². The van der Waals surface area contributed by atoms with Crippen molar-refractivity contribution in [3.05, 3.63) is 58.2 Å². The molecule has 8 heteroatoms. The zero-order valence-electron chi connectivity index (χ0n) is 16.8. The van der Waals surface area contributed by atoms with E-state index < -0.39 is 0 Å². The van der Waals surface area contributed by atoms with Crippen LogP contribution < -0.4 is 5.32 Å². The standard InChI is InChI=1S/C21H27N5OS2/c1-3-25(4-2)17(13-16-9-6-5-7-10-16)14-22-19(27)15-26-20(23-24-21(26)28)18-11-8-12-29-18/h5-12,17H,3-4,13-15H2,1-2H3,(H,22,27)(H,24,28). The summed E-state index contributed by atoms with van der Waals surface area (Å²) in [6.07, 6.45) is 0.897. The van der Waals surface area contributed by atoms with Crippen molar-refractivity contribution in [1.82, 2.24) is 25.0 Å². The average molecular weight is 430 g/mol. The molecular formula is C21H27N5OS2. The summed E-state index contributed by atoms with van der Waals surface area (Å²) in [6.45, 7) is 6.94. The molecule has 1 amide bonds. The minimum atomic E-state index is -0.0643. The minimum absolute atomic E-state index is 0.0643. The van der Waals surface area contributed by atoms with Crippen molar-refractivity contribution < 1.29 is 4.79 Å². The first kappa shape index (κ1) is 21.4. The van der Waals surface area contributed by atoms with E-state index in [4.69, 9.17) is 12.2 Å². The van der Waals surface area contributed by atoms with Crippen LogP contribution in [0.3, 0.4) is 0 Å². The fourth-order valence-electron chi connectivity index (χ4n) is 3.45. The largest absolute Gasteiger partial charge is 0.353 e. The van der Waals surface area contributed by atoms with Crippen LogP contribution in [0, 0.1) is 4.77 Å². The van der Waals surface area contributed by atoms with Crippen LogP contribution in [0.15, 0.2) is 47.8 Å². The third-order valence-corrected chi connectivity index (χ3v) is 6.16. The number of likely N-dealkylation sites (N-methyl/N-ethyl adjacent to an activating group) is 1. The third-order valence-electron chi connectivity index (χ3n) is 4.98. The highest BCUT2D eigenvalue weighted by atomic mass is 32.1. The highest BCUT2D eigenvalue weighted by Gasteiger charge is 2.18. The third kappa shape index (κ3) is 5.62. The maximum absolute atomic E-state index is 12.7. The maximum Gasteiger partial charge on any atom is 0.240 e. The summed E-state index contributed by atoms with van der Waals surface area (Å²) < 4.78 is 2.20. The molecule has 154 valence electrons. The van der Waals surface area contributed by atoms with Crippen LogP contribution in [-0.4, -0.2) is 51.2 Å². The SMILES string of the molecule is CCN(CC)C(CNC(=O)Cn1c(-c2cccs2)n[nH]c1=S)Cc1ccccc1. The molecule has 2 N–H and O–H groups in total. The van der Waals surface area contributed by atoms with E-state index in [1.807, 2.05) is 23.6 Å². The lowest BCUT2D eigenvalue weighted by atomic mass is 10.0. The number of aromatic amines is 1. The van der Waals surface area contributed by atoms with Gasteiger partial charge in [0.2, 0.25) is 5.91 Å². The quantitative estimate of drug-likeness (QED) is 0.482. The summed E-state index contributed by atoms with van der Waals surface area (Å²) in [6, 6.07) is 14.6. The number of hydrogen-bond acceptors (Lipinski definition) is 5. The van der Waals surface area contributed by atoms with Crippen molar-refractivity contribution in [3.63, 3.8) is 0 Å². The zero-order valence-corrected chi connectivity index (χ0v) is 18.4. The minimum Gasteiger partial charge on any atom is -0.353 e. The second-order valence-electron chi connectivity index (χ2n) is 6.78. The Kier molecular flexibility index (Phi) is 7.74. The van der Waals surface area contributed by atoms with E-state index in [1.165, 1.54) is 5.56 Å². The molecule has 0 spiro atoms. The van der Waals surface area contributed by atoms with Gasteiger partial charge in [-0.1, -0.05) is 50.2 Å². The van der Waals surface area contributed by atoms with Crippen LogP contribution in [0.25, 0.3) is 10.7 Å². The first-order valence-corrected chi connectivity index (χ1v) is 11.1. The smallest absolute Gasteiger partial charge is 0.240 e. The Bertz CT molecular complexity index is 945. The molecule has 1 unspecified atom stereocenters. The van der Waals surface area contributed by atoms with Crippen LogP contribution >= 0.6 is 23.6 Å². The first-order valence-electron chi connectivity index (χ1n) is 9.86. The molecule has 29 heavy (non-hydrogen) atoms. The van der Waals surface area contributed by atoms with Gasteiger partial charge in [-0.15, -0.1) is 11.3 Å². The summed E-state index contributed by atoms with van der Waals surface area (Å²) >= 11 is 6.90. The van der Waals surface area contributed by atoms with Crippen molar-refractivity contribution in [3.8, 4) is 10.7 Å². The Balaban J connectivity index is 1.66. The van der Waals surface area contributed by atoms with Crippen LogP contribution in [0.5, 0.6) is 0 Å². The normalized spacial score (nSPS) is 12.2. The predicted molar refractivity (Wildman–Crippen MR) is 121 cm³/mol. The monoisotopic (exact) mass is 429 g/mol. The van der Waals surface area contributed by atoms with Crippen LogP contribution in [0.4, 0.5) is 0 Å². The molecule has 0 radical (unpaired) electrons. The fraction of sp³-hybridized carbons (Fsp3) is 0.381. The van der Waals surface area contributed by atoms with Crippen molar-refractivity contribution in [2.75, 3.05) is 19.6 Å². The second-order valence-corrected chi connectivity index (χ2v) is 8.12. The Morgan fingerprint density at radius 3 is 2.66 bits per heavy atom. The molecule has 0 fully saturated rings. The molecule has 6 nitrogen and oxygen atoms in total. The molecule has 0 bridgehead atoms. The van der Waals surface area contributed by atoms with Gasteiger partial charge in [0.05, 0.1) is 4.88 Å². The number of H-pyrrole nitrogens is 1. The molecule has 3 aromatic rings. The number of aromatic nitrogens is 3. The number of hydrogen-bond donors (Lipinski definition) is 2. The molecule has 1 atom stereocenters. The lowest BCUT2D eigenvalue weighted by molar-refractivity contribution is -0.121. The Labute approximate surface area is 180 Å². The summed E-state index contributed by atoms with van der Waals surface area (Å²) in [5.41, 5.74) is 1.27. The maximum atomic E-state index is 12.7. The van der Waals surface area contributed by atoms with Crippen LogP contribution in [-0.2, 0) is 17.8 Å². The summed E-state index contributed by atoms with van der Waals surface area (Å²) in [5.74, 6) is 0.634. The predicted octanol–water partition coefficient (Wildman–Crippen LogP) is 3.74. The zero-order chi connectivity index (χ0) is 20.6. The van der Waals surface area contributed by atoms with Gasteiger partial charge in [-0.05, 0) is 48.7 Å². The Hall–Kier alpha value is -2.29. The van der Waals surface area contributed by atoms with Gasteiger partial charge in [0, 0.05) is 12.6 Å². The van der Waals surface area contributed by atoms with Gasteiger partial charge in [-0.2, -0.15) is 5.10 Å². The van der Waals surface area contributed by atoms with E-state index >= 15 is 0 Å². The number of amides is 1. The van der Waals surface area contributed by atoms with E-state index in [1.54, 1.807) is 15.9 Å². The number of benzene rings is 1. The topological polar surface area (TPSA) is 66.0 Å². The molecule has 0 saturated heterocycles. The molecular weight excluding hydrogens is 402 g/mol. The summed E-state index contributed by atoms with van der Waals surface area (Å²) in [7, 11) is 0. The van der Waals surface area contributed by atoms with Crippen molar-refractivity contribution in [2.45, 2.75) is 32.9 Å². The first-order chi connectivity index (χ1) is 14.1. The van der Waals surface area contributed by atoms with Crippen LogP contribution in [0.1, 0.15) is 19.4 Å². The summed E-state index contributed by atoms with van der Waals surface area (Å²) in [4.78, 5) is 16.1. The molecule has 0 aliphatic rings. The molecule has 0 aliphatic heterocycles. The van der Waals surface area contributed by atoms with Gasteiger partial charge in [-0.3, -0.25) is 19.4 Å². The number of rotatable bonds is 10. The molecule has 2 heterocycles. The number of nitrogens with one attached hydrogen (secondary N) is 2. The average Bonchev–Trinajstić information content (AvgIpc) is 3.38. The summed E-state index contributed by atoms with van der Waals surface area (Å²) in [5, 5.41) is 12.2. The molecule has 2 aromatic heterocycles. The Morgan fingerprint density at radius 2 is 2.00 bits per heavy atom. The van der Waals surface area contributed by atoms with Gasteiger partial charge in [0.15, 0.2) is 10.6 Å². The van der Waals surface area contributed by atoms with Gasteiger partial charge in [0.25, 0.3) is 0 Å². The molecule has 1 aromatic carbocycles. The highest BCUT2D eigenvalue weighted by Crippen LogP contribution is 2.22. The second kappa shape index (κ2) is 10.5. The lowest BCUT2D eigenvalue weighted by Gasteiger charge is -2.30. The van der Waals surface area contributed by atoms with E-state index in [2.05, 4.69) is 58.5 Å². The lowest BCUT2D eigenvalue weighted by Crippen LogP contribution is -2.45. The fourth-order valence-corrected chi connectivity index (χ4v) is 4.36. The number of carbonyl (C=O) groups excluding carboxylic acids is 1. The van der Waals surface area contributed by atoms with Gasteiger partial charge in [-0.25, -0.2) is 0 Å². The van der Waals surface area contributed by atoms with Gasteiger partial charge < -0.3 is 5.32 Å². The van der Waals surface area contributed by atoms with E-state index in [0.717, 1.165) is 24.4 Å². The highest BCUT2D eigenvalue weighted by molar-refractivity contribution is 7.71. The molecule has 0 saturated carbocycles. The van der Waals surface area contributed by atoms with Gasteiger partial charge in [0.1, 0.15) is 6.54 Å². The van der Waals surface area contributed by atoms with Crippen molar-refractivity contribution >= 4 is 29.5 Å². The molecule has 0 aliphatic carbocycles. The molecule has 3 rings (SSSR count). The Morgan fingerprint density at radius 1 is 1.24 bits per heavy atom. The van der Waals surface area contributed by atoms with Crippen molar-refractivity contribution in [2.24, 2.45) is 0 Å².